The molecule has 1 atom stereocenters. The van der Waals surface area contributed by atoms with Crippen LogP contribution in [0.3, 0.4) is 0 Å². The molecule has 7 nitrogen and oxygen atoms in total. The van der Waals surface area contributed by atoms with Gasteiger partial charge in [-0.2, -0.15) is 0 Å². The maximum atomic E-state index is 13.2. The van der Waals surface area contributed by atoms with E-state index in [2.05, 4.69) is 5.32 Å². The highest BCUT2D eigenvalue weighted by Gasteiger charge is 2.22. The predicted octanol–water partition coefficient (Wildman–Crippen LogP) is 6.87. The van der Waals surface area contributed by atoms with E-state index in [1.165, 1.54) is 7.11 Å². The Hall–Kier alpha value is -4.95. The lowest BCUT2D eigenvalue weighted by atomic mass is 10.00. The van der Waals surface area contributed by atoms with Crippen molar-refractivity contribution in [2.24, 2.45) is 0 Å². The van der Waals surface area contributed by atoms with Crippen LogP contribution in [-0.4, -0.2) is 41.6 Å². The molecule has 2 N–H and O–H groups in total. The lowest BCUT2D eigenvalue weighted by Crippen LogP contribution is -2.33. The minimum atomic E-state index is -0.697. The van der Waals surface area contributed by atoms with Gasteiger partial charge in [0.15, 0.2) is 5.78 Å². The summed E-state index contributed by atoms with van der Waals surface area (Å²) in [6, 6.07) is 30.2. The van der Waals surface area contributed by atoms with E-state index in [9.17, 15) is 14.7 Å². The Balaban J connectivity index is 1.21. The number of phenols is 1. The fourth-order valence-electron chi connectivity index (χ4n) is 4.69. The first kappa shape index (κ1) is 29.5. The highest BCUT2D eigenvalue weighted by molar-refractivity contribution is 7.15. The summed E-state index contributed by atoms with van der Waals surface area (Å²) in [6.45, 7) is 2.52. The minimum absolute atomic E-state index is 0.127. The zero-order valence-corrected chi connectivity index (χ0v) is 24.8. The Bertz CT molecular complexity index is 1680. The van der Waals surface area contributed by atoms with Gasteiger partial charge in [0, 0.05) is 40.1 Å². The van der Waals surface area contributed by atoms with Gasteiger partial charge in [0.2, 0.25) is 0 Å². The summed E-state index contributed by atoms with van der Waals surface area (Å²) in [5, 5.41) is 13.7. The van der Waals surface area contributed by atoms with Gasteiger partial charge in [0.25, 0.3) is 0 Å². The fraction of sp³-hybridized carbons (Fsp3) is 0.171. The largest absolute Gasteiger partial charge is 0.508 e. The van der Waals surface area contributed by atoms with Crippen LogP contribution in [0.2, 0.25) is 0 Å². The molecule has 0 amide bonds. The molecule has 0 fully saturated rings. The molecule has 8 heteroatoms. The number of carbonyl (C=O) groups is 2. The molecule has 0 aliphatic rings. The molecular formula is C35H32N2O5S. The lowest BCUT2D eigenvalue weighted by Gasteiger charge is -2.20. The third-order valence-electron chi connectivity index (χ3n) is 7.00. The van der Waals surface area contributed by atoms with E-state index in [1.54, 1.807) is 53.8 Å². The summed E-state index contributed by atoms with van der Waals surface area (Å²) < 4.78 is 11.1. The number of nitrogens with one attached hydrogen (secondary N) is 1. The Morgan fingerprint density at radius 3 is 2.33 bits per heavy atom. The topological polar surface area (TPSA) is 97.8 Å². The number of ketones is 1. The molecule has 5 aromatic rings. The molecule has 1 aromatic heterocycles. The molecule has 0 bridgehead atoms. The van der Waals surface area contributed by atoms with Gasteiger partial charge in [-0.15, -0.1) is 11.3 Å². The fourth-order valence-corrected chi connectivity index (χ4v) is 5.65. The number of hydrogen-bond acceptors (Lipinski definition) is 8. The molecule has 0 radical (unpaired) electrons. The highest BCUT2D eigenvalue weighted by Crippen LogP contribution is 2.29. The second kappa shape index (κ2) is 13.8. The standard InChI is InChI=1S/C35H32N2O5S/c1-23-30(37-34(43-23)26-14-16-27(38)17-15-26)20-21-42-28-18-12-24(13-19-28)22-32(35(40)41-2)36-31-11-7-6-10-29(31)33(39)25-8-4-3-5-9-25/h3-19,32,36,38H,20-22H2,1-2H3. The van der Waals surface area contributed by atoms with Crippen LogP contribution >= 0.6 is 11.3 Å². The van der Waals surface area contributed by atoms with Crippen LogP contribution in [0, 0.1) is 6.92 Å². The number of aromatic hydroxyl groups is 1. The number of aryl methyl sites for hydroxylation is 1. The van der Waals surface area contributed by atoms with E-state index in [0.29, 0.717) is 36.3 Å². The minimum Gasteiger partial charge on any atom is -0.508 e. The summed E-state index contributed by atoms with van der Waals surface area (Å²) in [6.07, 6.45) is 1.02. The molecule has 0 saturated heterocycles. The first-order chi connectivity index (χ1) is 20.9. The number of para-hydroxylation sites is 1. The molecule has 43 heavy (non-hydrogen) atoms. The van der Waals surface area contributed by atoms with Crippen molar-refractivity contribution in [1.29, 1.82) is 0 Å². The van der Waals surface area contributed by atoms with E-state index < -0.39 is 12.0 Å². The first-order valence-corrected chi connectivity index (χ1v) is 14.7. The number of nitrogens with zero attached hydrogens (tertiary/aromatic N) is 1. The summed E-state index contributed by atoms with van der Waals surface area (Å²) in [4.78, 5) is 31.8. The van der Waals surface area contributed by atoms with Crippen LogP contribution in [0.4, 0.5) is 5.69 Å². The number of thiazole rings is 1. The molecule has 1 heterocycles. The normalized spacial score (nSPS) is 11.5. The second-order valence-electron chi connectivity index (χ2n) is 9.98. The van der Waals surface area contributed by atoms with Gasteiger partial charge in [0.1, 0.15) is 22.5 Å². The molecule has 0 spiro atoms. The molecule has 5 rings (SSSR count). The van der Waals surface area contributed by atoms with Crippen molar-refractivity contribution >= 4 is 28.8 Å². The Morgan fingerprint density at radius 2 is 1.60 bits per heavy atom. The molecule has 218 valence electrons. The summed E-state index contributed by atoms with van der Waals surface area (Å²) in [5.74, 6) is 0.400. The van der Waals surface area contributed by atoms with Crippen molar-refractivity contribution in [3.8, 4) is 22.1 Å². The number of esters is 1. The zero-order chi connectivity index (χ0) is 30.2. The number of ether oxygens (including phenoxy) is 2. The van der Waals surface area contributed by atoms with Gasteiger partial charge < -0.3 is 19.9 Å². The third-order valence-corrected chi connectivity index (χ3v) is 8.06. The number of rotatable bonds is 12. The van der Waals surface area contributed by atoms with Crippen molar-refractivity contribution in [3.05, 3.63) is 130 Å². The van der Waals surface area contributed by atoms with Crippen LogP contribution in [0.1, 0.15) is 32.1 Å². The van der Waals surface area contributed by atoms with Gasteiger partial charge >= 0.3 is 5.97 Å². The average Bonchev–Trinajstić information content (AvgIpc) is 3.41. The average molecular weight is 593 g/mol. The maximum Gasteiger partial charge on any atom is 0.328 e. The molecule has 1 unspecified atom stereocenters. The first-order valence-electron chi connectivity index (χ1n) is 13.9. The van der Waals surface area contributed by atoms with Crippen molar-refractivity contribution in [2.75, 3.05) is 19.0 Å². The van der Waals surface area contributed by atoms with E-state index in [4.69, 9.17) is 14.5 Å². The molecular weight excluding hydrogens is 560 g/mol. The summed E-state index contributed by atoms with van der Waals surface area (Å²) >= 11 is 1.62. The number of carbonyl (C=O) groups excluding carboxylic acids is 2. The van der Waals surface area contributed by atoms with E-state index in [0.717, 1.165) is 32.5 Å². The Morgan fingerprint density at radius 1 is 0.907 bits per heavy atom. The highest BCUT2D eigenvalue weighted by atomic mass is 32.1. The van der Waals surface area contributed by atoms with Crippen LogP contribution in [0.15, 0.2) is 103 Å². The van der Waals surface area contributed by atoms with Crippen LogP contribution in [-0.2, 0) is 22.4 Å². The quantitative estimate of drug-likeness (QED) is 0.120. The predicted molar refractivity (Wildman–Crippen MR) is 169 cm³/mol. The van der Waals surface area contributed by atoms with Crippen LogP contribution in [0.5, 0.6) is 11.5 Å². The summed E-state index contributed by atoms with van der Waals surface area (Å²) in [5.41, 5.74) is 4.50. The van der Waals surface area contributed by atoms with Crippen molar-refractivity contribution in [3.63, 3.8) is 0 Å². The SMILES string of the molecule is COC(=O)C(Cc1ccc(OCCc2nc(-c3ccc(O)cc3)sc2C)cc1)Nc1ccccc1C(=O)c1ccccc1. The number of hydrogen-bond donors (Lipinski definition) is 2. The number of benzene rings is 4. The second-order valence-corrected chi connectivity index (χ2v) is 11.2. The molecule has 4 aromatic carbocycles. The van der Waals surface area contributed by atoms with Gasteiger partial charge in [-0.05, 0) is 61.0 Å². The Kier molecular flexibility index (Phi) is 9.49. The van der Waals surface area contributed by atoms with Crippen molar-refractivity contribution in [2.45, 2.75) is 25.8 Å². The molecule has 0 aliphatic carbocycles. The van der Waals surface area contributed by atoms with Crippen LogP contribution < -0.4 is 10.1 Å². The van der Waals surface area contributed by atoms with E-state index in [-0.39, 0.29) is 11.5 Å². The number of anilines is 1. The summed E-state index contributed by atoms with van der Waals surface area (Å²) in [7, 11) is 1.35. The number of methoxy groups -OCH3 is 1. The smallest absolute Gasteiger partial charge is 0.328 e. The molecule has 0 saturated carbocycles. The van der Waals surface area contributed by atoms with Crippen molar-refractivity contribution < 1.29 is 24.2 Å². The molecule has 0 aliphatic heterocycles. The number of phenolic OH excluding ortho intramolecular Hbond substituents is 1. The Labute approximate surface area is 254 Å². The van der Waals surface area contributed by atoms with E-state index in [1.807, 2.05) is 67.6 Å². The number of aromatic nitrogens is 1. The van der Waals surface area contributed by atoms with Gasteiger partial charge in [0.05, 0.1) is 19.4 Å². The van der Waals surface area contributed by atoms with Gasteiger partial charge in [-0.1, -0.05) is 54.6 Å². The van der Waals surface area contributed by atoms with E-state index >= 15 is 0 Å². The van der Waals surface area contributed by atoms with Crippen LogP contribution in [0.25, 0.3) is 10.6 Å². The van der Waals surface area contributed by atoms with Gasteiger partial charge in [-0.25, -0.2) is 9.78 Å². The monoisotopic (exact) mass is 592 g/mol. The zero-order valence-electron chi connectivity index (χ0n) is 23.9. The lowest BCUT2D eigenvalue weighted by molar-refractivity contribution is -0.141. The third kappa shape index (κ3) is 7.47. The maximum absolute atomic E-state index is 13.2. The van der Waals surface area contributed by atoms with Gasteiger partial charge in [-0.3, -0.25) is 4.79 Å². The van der Waals surface area contributed by atoms with Crippen molar-refractivity contribution in [1.82, 2.24) is 4.98 Å².